The Morgan fingerprint density at radius 3 is 1.67 bits per heavy atom. The van der Waals surface area contributed by atoms with Gasteiger partial charge < -0.3 is 13.3 Å². The van der Waals surface area contributed by atoms with Crippen molar-refractivity contribution in [2.24, 2.45) is 0 Å². The monoisotopic (exact) mass is 626 g/mol. The largest absolute Gasteiger partial charge is 0.456 e. The maximum absolute atomic E-state index is 6.59. The summed E-state index contributed by atoms with van der Waals surface area (Å²) in [6.07, 6.45) is 0. The van der Waals surface area contributed by atoms with Crippen molar-refractivity contribution in [3.8, 4) is 33.6 Å². The minimum Gasteiger partial charge on any atom is -0.456 e. The third-order valence-corrected chi connectivity index (χ3v) is 10.1. The Morgan fingerprint density at radius 2 is 0.918 bits per heavy atom. The number of rotatable bonds is 3. The van der Waals surface area contributed by atoms with E-state index in [9.17, 15) is 0 Å². The maximum Gasteiger partial charge on any atom is 0.143 e. The summed E-state index contributed by atoms with van der Waals surface area (Å²) >= 11 is 0. The molecule has 11 aromatic rings. The van der Waals surface area contributed by atoms with Crippen LogP contribution in [0.2, 0.25) is 0 Å². The van der Waals surface area contributed by atoms with Gasteiger partial charge in [-0.1, -0.05) is 127 Å². The van der Waals surface area contributed by atoms with Crippen LogP contribution in [0.3, 0.4) is 0 Å². The molecule has 11 rings (SSSR count). The van der Waals surface area contributed by atoms with Crippen molar-refractivity contribution in [1.29, 1.82) is 0 Å². The first-order chi connectivity index (χ1) is 24.3. The van der Waals surface area contributed by atoms with Crippen molar-refractivity contribution in [3.05, 3.63) is 158 Å². The van der Waals surface area contributed by atoms with E-state index in [4.69, 9.17) is 13.3 Å². The van der Waals surface area contributed by atoms with Crippen molar-refractivity contribution < 1.29 is 13.3 Å². The first-order valence-corrected chi connectivity index (χ1v) is 16.6. The second-order valence-corrected chi connectivity index (χ2v) is 12.8. The van der Waals surface area contributed by atoms with Gasteiger partial charge in [-0.3, -0.25) is 0 Å². The fourth-order valence-electron chi connectivity index (χ4n) is 7.97. The minimum absolute atomic E-state index is 0.811. The third kappa shape index (κ3) is 3.78. The first-order valence-electron chi connectivity index (χ1n) is 16.6. The predicted octanol–water partition coefficient (Wildman–Crippen LogP) is 13.5. The number of benzene rings is 8. The van der Waals surface area contributed by atoms with Gasteiger partial charge in [-0.2, -0.15) is 0 Å². The summed E-state index contributed by atoms with van der Waals surface area (Å²) < 4.78 is 19.5. The number of para-hydroxylation sites is 2. The average molecular weight is 627 g/mol. The summed E-state index contributed by atoms with van der Waals surface area (Å²) in [5.74, 6) is 0.847. The maximum atomic E-state index is 6.59. The molecular formula is C46H26O3. The van der Waals surface area contributed by atoms with Crippen LogP contribution in [0, 0.1) is 0 Å². The fourth-order valence-corrected chi connectivity index (χ4v) is 7.97. The fraction of sp³-hybridized carbons (Fsp3) is 0. The van der Waals surface area contributed by atoms with E-state index in [2.05, 4.69) is 121 Å². The molecule has 228 valence electrons. The molecule has 0 aliphatic carbocycles. The Bertz CT molecular complexity index is 3040. The van der Waals surface area contributed by atoms with Gasteiger partial charge in [0, 0.05) is 49.7 Å². The first kappa shape index (κ1) is 26.5. The lowest BCUT2D eigenvalue weighted by atomic mass is 9.84. The molecule has 3 aromatic heterocycles. The molecule has 0 spiro atoms. The predicted molar refractivity (Wildman–Crippen MR) is 202 cm³/mol. The van der Waals surface area contributed by atoms with Crippen LogP contribution in [-0.2, 0) is 0 Å². The molecule has 8 aromatic carbocycles. The SMILES string of the molecule is c1ccc(-c2cc3cc4c(cc3o2)oc2cccc(-c3c5ccccc5c(-c5cccc6c5oc5ccccc56)c5ccccc35)c24)cc1. The van der Waals surface area contributed by atoms with E-state index >= 15 is 0 Å². The lowest BCUT2D eigenvalue weighted by Crippen LogP contribution is -1.91. The molecule has 0 unspecified atom stereocenters. The molecule has 0 saturated heterocycles. The minimum atomic E-state index is 0.811. The molecule has 3 heteroatoms. The van der Waals surface area contributed by atoms with Gasteiger partial charge >= 0.3 is 0 Å². The van der Waals surface area contributed by atoms with Crippen LogP contribution < -0.4 is 0 Å². The van der Waals surface area contributed by atoms with Crippen molar-refractivity contribution in [2.75, 3.05) is 0 Å². The van der Waals surface area contributed by atoms with Crippen LogP contribution in [0.5, 0.6) is 0 Å². The molecule has 0 bridgehead atoms. The van der Waals surface area contributed by atoms with Crippen LogP contribution in [0.1, 0.15) is 0 Å². The standard InChI is InChI=1S/C46H26O3/c1-2-12-27(13-3-1)40-25-28-24-37-42(26-41(28)48-40)47-39-23-11-20-35(45(37)39)43-30-15-4-6-17-32(30)44(33-18-7-5-16-31(33)43)36-21-10-19-34-29-14-8-9-22-38(29)49-46(34)36/h1-26H. The van der Waals surface area contributed by atoms with Crippen molar-refractivity contribution in [1.82, 2.24) is 0 Å². The number of fused-ring (bicyclic) bond motifs is 9. The second kappa shape index (κ2) is 9.96. The summed E-state index contributed by atoms with van der Waals surface area (Å²) in [4.78, 5) is 0. The van der Waals surface area contributed by atoms with Crippen LogP contribution >= 0.6 is 0 Å². The normalized spacial score (nSPS) is 12.1. The Hall–Kier alpha value is -6.58. The molecule has 3 heterocycles. The molecule has 0 N–H and O–H groups in total. The zero-order valence-corrected chi connectivity index (χ0v) is 26.2. The lowest BCUT2D eigenvalue weighted by Gasteiger charge is -2.18. The molecular weight excluding hydrogens is 601 g/mol. The van der Waals surface area contributed by atoms with Crippen LogP contribution in [0.25, 0.3) is 110 Å². The Kier molecular flexibility index (Phi) is 5.38. The molecule has 3 nitrogen and oxygen atoms in total. The Labute approximate surface area is 280 Å². The zero-order chi connectivity index (χ0) is 32.1. The van der Waals surface area contributed by atoms with Crippen LogP contribution in [0.4, 0.5) is 0 Å². The van der Waals surface area contributed by atoms with E-state index in [-0.39, 0.29) is 0 Å². The summed E-state index contributed by atoms with van der Waals surface area (Å²) in [5.41, 5.74) is 9.95. The summed E-state index contributed by atoms with van der Waals surface area (Å²) in [6.45, 7) is 0. The second-order valence-electron chi connectivity index (χ2n) is 12.8. The van der Waals surface area contributed by atoms with Crippen LogP contribution in [-0.4, -0.2) is 0 Å². The topological polar surface area (TPSA) is 39.4 Å². The van der Waals surface area contributed by atoms with Crippen molar-refractivity contribution in [2.45, 2.75) is 0 Å². The zero-order valence-electron chi connectivity index (χ0n) is 26.2. The smallest absolute Gasteiger partial charge is 0.143 e. The van der Waals surface area contributed by atoms with Crippen LogP contribution in [0.15, 0.2) is 171 Å². The highest BCUT2D eigenvalue weighted by Gasteiger charge is 2.23. The van der Waals surface area contributed by atoms with Crippen molar-refractivity contribution in [3.63, 3.8) is 0 Å². The van der Waals surface area contributed by atoms with Gasteiger partial charge in [0.15, 0.2) is 0 Å². The van der Waals surface area contributed by atoms with Crippen molar-refractivity contribution >= 4 is 76.4 Å². The Balaban J connectivity index is 1.22. The molecule has 0 atom stereocenters. The van der Waals surface area contributed by atoms with E-state index in [1.54, 1.807) is 0 Å². The molecule has 0 aliphatic heterocycles. The lowest BCUT2D eigenvalue weighted by molar-refractivity contribution is 0.628. The van der Waals surface area contributed by atoms with E-state index in [0.29, 0.717) is 0 Å². The van der Waals surface area contributed by atoms with Gasteiger partial charge in [-0.15, -0.1) is 0 Å². The van der Waals surface area contributed by atoms with Gasteiger partial charge in [-0.05, 0) is 56.9 Å². The van der Waals surface area contributed by atoms with Gasteiger partial charge in [0.05, 0.1) is 0 Å². The highest BCUT2D eigenvalue weighted by molar-refractivity contribution is 6.27. The third-order valence-electron chi connectivity index (χ3n) is 10.1. The summed E-state index contributed by atoms with van der Waals surface area (Å²) in [5, 5.41) is 10.2. The summed E-state index contributed by atoms with van der Waals surface area (Å²) in [6, 6.07) is 55.4. The van der Waals surface area contributed by atoms with Gasteiger partial charge in [0.2, 0.25) is 0 Å². The highest BCUT2D eigenvalue weighted by atomic mass is 16.3. The molecule has 0 aliphatic rings. The van der Waals surface area contributed by atoms with E-state index in [1.165, 1.54) is 32.7 Å². The van der Waals surface area contributed by atoms with Gasteiger partial charge in [0.25, 0.3) is 0 Å². The number of hydrogen-bond acceptors (Lipinski definition) is 3. The van der Waals surface area contributed by atoms with E-state index < -0.39 is 0 Å². The average Bonchev–Trinajstić information content (AvgIpc) is 3.86. The molecule has 49 heavy (non-hydrogen) atoms. The number of furan rings is 3. The quantitative estimate of drug-likeness (QED) is 0.183. The van der Waals surface area contributed by atoms with Gasteiger partial charge in [0.1, 0.15) is 33.7 Å². The molecule has 0 radical (unpaired) electrons. The van der Waals surface area contributed by atoms with E-state index in [0.717, 1.165) is 77.3 Å². The van der Waals surface area contributed by atoms with E-state index in [1.807, 2.05) is 36.4 Å². The highest BCUT2D eigenvalue weighted by Crippen LogP contribution is 2.49. The summed E-state index contributed by atoms with van der Waals surface area (Å²) in [7, 11) is 0. The molecule has 0 fully saturated rings. The van der Waals surface area contributed by atoms with Gasteiger partial charge in [-0.25, -0.2) is 0 Å². The number of hydrogen-bond donors (Lipinski definition) is 0. The molecule has 0 saturated carbocycles. The molecule has 0 amide bonds. The Morgan fingerprint density at radius 1 is 0.327 bits per heavy atom.